The molecular formula is C13H18N2O. The molecule has 0 aromatic heterocycles. The molecule has 1 aromatic carbocycles. The Labute approximate surface area is 97.0 Å². The molecule has 0 saturated heterocycles. The summed E-state index contributed by atoms with van der Waals surface area (Å²) in [5.74, 6) is 0.821. The van der Waals surface area contributed by atoms with Gasteiger partial charge in [0.1, 0.15) is 18.4 Å². The van der Waals surface area contributed by atoms with Crippen molar-refractivity contribution < 1.29 is 4.74 Å². The standard InChI is InChI=1S/C13H18N2O/c1-4-15-12(8-14)9-16-13-6-5-10(2)11(3)7-13/h5-7,12,15H,4,9H2,1-3H3. The van der Waals surface area contributed by atoms with Gasteiger partial charge in [0.25, 0.3) is 0 Å². The van der Waals surface area contributed by atoms with E-state index in [9.17, 15) is 0 Å². The Morgan fingerprint density at radius 1 is 1.38 bits per heavy atom. The Morgan fingerprint density at radius 3 is 2.69 bits per heavy atom. The number of nitrogens with zero attached hydrogens (tertiary/aromatic N) is 1. The third-order valence-corrected chi connectivity index (χ3v) is 2.50. The van der Waals surface area contributed by atoms with Gasteiger partial charge in [-0.2, -0.15) is 5.26 Å². The number of likely N-dealkylation sites (N-methyl/N-ethyl adjacent to an activating group) is 1. The lowest BCUT2D eigenvalue weighted by molar-refractivity contribution is 0.290. The van der Waals surface area contributed by atoms with Crippen LogP contribution in [0.25, 0.3) is 0 Å². The largest absolute Gasteiger partial charge is 0.491 e. The molecule has 1 unspecified atom stereocenters. The van der Waals surface area contributed by atoms with Gasteiger partial charge in [-0.1, -0.05) is 13.0 Å². The van der Waals surface area contributed by atoms with Crippen LogP contribution in [0.3, 0.4) is 0 Å². The molecule has 3 nitrogen and oxygen atoms in total. The van der Waals surface area contributed by atoms with Crippen LogP contribution in [0.2, 0.25) is 0 Å². The molecule has 16 heavy (non-hydrogen) atoms. The highest BCUT2D eigenvalue weighted by Gasteiger charge is 2.06. The van der Waals surface area contributed by atoms with Gasteiger partial charge in [0, 0.05) is 0 Å². The van der Waals surface area contributed by atoms with Crippen LogP contribution in [0.15, 0.2) is 18.2 Å². The Kier molecular flexibility index (Phi) is 4.81. The Morgan fingerprint density at radius 2 is 2.12 bits per heavy atom. The van der Waals surface area contributed by atoms with Crippen molar-refractivity contribution in [2.45, 2.75) is 26.8 Å². The maximum absolute atomic E-state index is 8.84. The smallest absolute Gasteiger partial charge is 0.130 e. The zero-order chi connectivity index (χ0) is 12.0. The van der Waals surface area contributed by atoms with Gasteiger partial charge in [0.15, 0.2) is 0 Å². The molecule has 0 fully saturated rings. The molecule has 0 bridgehead atoms. The van der Waals surface area contributed by atoms with Crippen LogP contribution in [0, 0.1) is 25.2 Å². The van der Waals surface area contributed by atoms with Crippen molar-refractivity contribution in [1.29, 1.82) is 5.26 Å². The number of rotatable bonds is 5. The van der Waals surface area contributed by atoms with E-state index in [1.165, 1.54) is 11.1 Å². The maximum atomic E-state index is 8.84. The molecular weight excluding hydrogens is 200 g/mol. The van der Waals surface area contributed by atoms with E-state index in [0.29, 0.717) is 6.61 Å². The van der Waals surface area contributed by atoms with E-state index in [0.717, 1.165) is 12.3 Å². The van der Waals surface area contributed by atoms with Crippen LogP contribution in [-0.2, 0) is 0 Å². The summed E-state index contributed by atoms with van der Waals surface area (Å²) in [5.41, 5.74) is 2.45. The quantitative estimate of drug-likeness (QED) is 0.824. The van der Waals surface area contributed by atoms with Gasteiger partial charge in [-0.25, -0.2) is 0 Å². The van der Waals surface area contributed by atoms with Gasteiger partial charge in [0.05, 0.1) is 6.07 Å². The minimum atomic E-state index is -0.244. The van der Waals surface area contributed by atoms with E-state index < -0.39 is 0 Å². The molecule has 0 radical (unpaired) electrons. The highest BCUT2D eigenvalue weighted by atomic mass is 16.5. The molecule has 1 aromatic rings. The molecule has 0 aliphatic rings. The number of hydrogen-bond acceptors (Lipinski definition) is 3. The van der Waals surface area contributed by atoms with E-state index in [1.807, 2.05) is 32.0 Å². The number of benzene rings is 1. The number of hydrogen-bond donors (Lipinski definition) is 1. The second-order valence-corrected chi connectivity index (χ2v) is 3.80. The molecule has 0 amide bonds. The van der Waals surface area contributed by atoms with Crippen LogP contribution >= 0.6 is 0 Å². The summed E-state index contributed by atoms with van der Waals surface area (Å²) in [6.45, 7) is 7.24. The maximum Gasteiger partial charge on any atom is 0.130 e. The second-order valence-electron chi connectivity index (χ2n) is 3.80. The van der Waals surface area contributed by atoms with Crippen molar-refractivity contribution >= 4 is 0 Å². The Balaban J connectivity index is 2.54. The lowest BCUT2D eigenvalue weighted by Gasteiger charge is -2.12. The number of ether oxygens (including phenoxy) is 1. The third kappa shape index (κ3) is 3.56. The molecule has 0 spiro atoms. The predicted octanol–water partition coefficient (Wildman–Crippen LogP) is 2.18. The fraction of sp³-hybridized carbons (Fsp3) is 0.462. The Hall–Kier alpha value is -1.53. The van der Waals surface area contributed by atoms with Gasteiger partial charge in [-0.15, -0.1) is 0 Å². The van der Waals surface area contributed by atoms with Crippen molar-refractivity contribution in [2.75, 3.05) is 13.2 Å². The summed E-state index contributed by atoms with van der Waals surface area (Å²) in [5, 5.41) is 11.9. The first kappa shape index (κ1) is 12.5. The fourth-order valence-corrected chi connectivity index (χ4v) is 1.37. The average Bonchev–Trinajstić information content (AvgIpc) is 2.28. The summed E-state index contributed by atoms with van der Waals surface area (Å²) >= 11 is 0. The number of aryl methyl sites for hydroxylation is 2. The second kappa shape index (κ2) is 6.14. The zero-order valence-electron chi connectivity index (χ0n) is 10.1. The molecule has 0 aliphatic heterocycles. The SMILES string of the molecule is CCNC(C#N)COc1ccc(C)c(C)c1. The average molecular weight is 218 g/mol. The van der Waals surface area contributed by atoms with Crippen molar-refractivity contribution in [3.05, 3.63) is 29.3 Å². The molecule has 86 valence electrons. The normalized spacial score (nSPS) is 11.9. The van der Waals surface area contributed by atoms with Gasteiger partial charge >= 0.3 is 0 Å². The number of nitrogens with one attached hydrogen (secondary N) is 1. The summed E-state index contributed by atoms with van der Waals surface area (Å²) in [7, 11) is 0. The highest BCUT2D eigenvalue weighted by molar-refractivity contribution is 5.33. The summed E-state index contributed by atoms with van der Waals surface area (Å²) in [4.78, 5) is 0. The third-order valence-electron chi connectivity index (χ3n) is 2.50. The molecule has 1 N–H and O–H groups in total. The molecule has 1 atom stereocenters. The highest BCUT2D eigenvalue weighted by Crippen LogP contribution is 2.16. The van der Waals surface area contributed by atoms with Crippen molar-refractivity contribution in [1.82, 2.24) is 5.32 Å². The lowest BCUT2D eigenvalue weighted by atomic mass is 10.1. The summed E-state index contributed by atoms with van der Waals surface area (Å²) < 4.78 is 5.56. The zero-order valence-corrected chi connectivity index (χ0v) is 10.1. The van der Waals surface area contributed by atoms with E-state index >= 15 is 0 Å². The number of nitriles is 1. The van der Waals surface area contributed by atoms with Gasteiger partial charge in [0.2, 0.25) is 0 Å². The molecule has 0 aliphatic carbocycles. The van der Waals surface area contributed by atoms with E-state index in [4.69, 9.17) is 10.00 Å². The predicted molar refractivity (Wildman–Crippen MR) is 64.5 cm³/mol. The van der Waals surface area contributed by atoms with Crippen LogP contribution in [0.5, 0.6) is 5.75 Å². The van der Waals surface area contributed by atoms with Crippen molar-refractivity contribution in [2.24, 2.45) is 0 Å². The van der Waals surface area contributed by atoms with E-state index in [-0.39, 0.29) is 6.04 Å². The van der Waals surface area contributed by atoms with Crippen molar-refractivity contribution in [3.8, 4) is 11.8 Å². The van der Waals surface area contributed by atoms with Gasteiger partial charge in [-0.3, -0.25) is 5.32 Å². The first-order chi connectivity index (χ1) is 7.67. The summed E-state index contributed by atoms with van der Waals surface area (Å²) in [6.07, 6.45) is 0. The molecule has 1 rings (SSSR count). The van der Waals surface area contributed by atoms with Crippen LogP contribution in [0.4, 0.5) is 0 Å². The van der Waals surface area contributed by atoms with Crippen LogP contribution in [0.1, 0.15) is 18.1 Å². The lowest BCUT2D eigenvalue weighted by Crippen LogP contribution is -2.32. The topological polar surface area (TPSA) is 45.0 Å². The van der Waals surface area contributed by atoms with Crippen molar-refractivity contribution in [3.63, 3.8) is 0 Å². The first-order valence-corrected chi connectivity index (χ1v) is 5.50. The monoisotopic (exact) mass is 218 g/mol. The fourth-order valence-electron chi connectivity index (χ4n) is 1.37. The Bertz CT molecular complexity index is 382. The van der Waals surface area contributed by atoms with E-state index in [1.54, 1.807) is 0 Å². The van der Waals surface area contributed by atoms with Crippen LogP contribution in [-0.4, -0.2) is 19.2 Å². The van der Waals surface area contributed by atoms with Gasteiger partial charge < -0.3 is 4.74 Å². The first-order valence-electron chi connectivity index (χ1n) is 5.50. The molecule has 0 heterocycles. The summed E-state index contributed by atoms with van der Waals surface area (Å²) in [6, 6.07) is 7.88. The van der Waals surface area contributed by atoms with Gasteiger partial charge in [-0.05, 0) is 43.7 Å². The minimum absolute atomic E-state index is 0.244. The van der Waals surface area contributed by atoms with E-state index in [2.05, 4.69) is 18.3 Å². The molecule has 0 saturated carbocycles. The van der Waals surface area contributed by atoms with Crippen LogP contribution < -0.4 is 10.1 Å². The minimum Gasteiger partial charge on any atom is -0.491 e. The molecule has 3 heteroatoms.